The van der Waals surface area contributed by atoms with Crippen LogP contribution in [0.2, 0.25) is 0 Å². The summed E-state index contributed by atoms with van der Waals surface area (Å²) in [4.78, 5) is 0. The van der Waals surface area contributed by atoms with Gasteiger partial charge in [-0.1, -0.05) is 22.7 Å². The van der Waals surface area contributed by atoms with Crippen molar-refractivity contribution in [1.82, 2.24) is 20.4 Å². The predicted octanol–water partition coefficient (Wildman–Crippen LogP) is 1.92. The number of alkyl halides is 6. The van der Waals surface area contributed by atoms with Crippen molar-refractivity contribution in [3.63, 3.8) is 0 Å². The number of sulfone groups is 2. The van der Waals surface area contributed by atoms with Gasteiger partial charge in [-0.15, -0.1) is 20.4 Å². The molecule has 0 aliphatic rings. The van der Waals surface area contributed by atoms with Crippen LogP contribution in [-0.4, -0.2) is 49.7 Å². The number of hydrogen-bond donors (Lipinski definition) is 0. The summed E-state index contributed by atoms with van der Waals surface area (Å²) < 4.78 is 113. The van der Waals surface area contributed by atoms with Crippen molar-refractivity contribution in [2.24, 2.45) is 0 Å². The van der Waals surface area contributed by atoms with Gasteiger partial charge in [0.25, 0.3) is 0 Å². The molecule has 0 radical (unpaired) electrons. The molecular formula is C8H6F6N4O4S4. The molecule has 2 aromatic heterocycles. The van der Waals surface area contributed by atoms with Gasteiger partial charge in [-0.05, 0) is 0 Å². The zero-order valence-corrected chi connectivity index (χ0v) is 15.6. The van der Waals surface area contributed by atoms with Crippen molar-refractivity contribution >= 4 is 42.3 Å². The molecule has 18 heteroatoms. The first kappa shape index (κ1) is 22.6. The van der Waals surface area contributed by atoms with Gasteiger partial charge < -0.3 is 0 Å². The number of halogens is 6. The maximum atomic E-state index is 11.9. The Balaban J connectivity index is 0.000000260. The maximum Gasteiger partial charge on any atom is 0.445 e. The van der Waals surface area contributed by atoms with Crippen LogP contribution < -0.4 is 0 Å². The number of nitrogens with zero attached hydrogens (tertiary/aromatic N) is 4. The average molecular weight is 464 g/mol. The first-order chi connectivity index (χ1) is 11.4. The van der Waals surface area contributed by atoms with Crippen molar-refractivity contribution in [2.75, 3.05) is 12.5 Å². The van der Waals surface area contributed by atoms with Gasteiger partial charge in [0.05, 0.1) is 0 Å². The minimum absolute atomic E-state index is 0.0116. The molecule has 2 rings (SSSR count). The van der Waals surface area contributed by atoms with Crippen LogP contribution in [0.25, 0.3) is 0 Å². The molecule has 0 aromatic carbocycles. The third-order valence-electron chi connectivity index (χ3n) is 1.93. The summed E-state index contributed by atoms with van der Waals surface area (Å²) in [5.41, 5.74) is 0. The summed E-state index contributed by atoms with van der Waals surface area (Å²) in [6.45, 7) is 0. The minimum atomic E-state index is -4.64. The average Bonchev–Trinajstić information content (AvgIpc) is 3.06. The van der Waals surface area contributed by atoms with E-state index >= 15 is 0 Å². The molecule has 26 heavy (non-hydrogen) atoms. The third kappa shape index (κ3) is 6.40. The van der Waals surface area contributed by atoms with Gasteiger partial charge >= 0.3 is 12.4 Å². The first-order valence-corrected chi connectivity index (χ1v) is 11.1. The molecule has 2 heterocycles. The number of hydrogen-bond acceptors (Lipinski definition) is 10. The van der Waals surface area contributed by atoms with E-state index in [2.05, 4.69) is 20.4 Å². The van der Waals surface area contributed by atoms with Crippen LogP contribution in [0.5, 0.6) is 0 Å². The molecule has 0 aliphatic carbocycles. The Morgan fingerprint density at radius 3 is 1.04 bits per heavy atom. The lowest BCUT2D eigenvalue weighted by Gasteiger charge is -1.97. The maximum absolute atomic E-state index is 11.9. The largest absolute Gasteiger partial charge is 0.445 e. The lowest BCUT2D eigenvalue weighted by atomic mass is 10.7. The highest BCUT2D eigenvalue weighted by Crippen LogP contribution is 2.33. The monoisotopic (exact) mass is 464 g/mol. The Labute approximate surface area is 149 Å². The quantitative estimate of drug-likeness (QED) is 0.619. The highest BCUT2D eigenvalue weighted by Gasteiger charge is 2.37. The Morgan fingerprint density at radius 1 is 0.654 bits per heavy atom. The molecule has 0 N–H and O–H groups in total. The van der Waals surface area contributed by atoms with E-state index < -0.39 is 50.7 Å². The SMILES string of the molecule is CS(=O)(=O)c1nnc(C(F)(F)F)s1.CS(=O)(=O)c1nnc(C(F)(F)F)s1. The van der Waals surface area contributed by atoms with Crippen LogP contribution in [0.15, 0.2) is 8.68 Å². The fraction of sp³-hybridized carbons (Fsp3) is 0.500. The number of rotatable bonds is 2. The predicted molar refractivity (Wildman–Crippen MR) is 76.0 cm³/mol. The summed E-state index contributed by atoms with van der Waals surface area (Å²) >= 11 is 0.0231. The van der Waals surface area contributed by atoms with E-state index in [1.807, 2.05) is 0 Å². The van der Waals surface area contributed by atoms with Crippen LogP contribution in [0.3, 0.4) is 0 Å². The second-order valence-electron chi connectivity index (χ2n) is 4.29. The summed E-state index contributed by atoms with van der Waals surface area (Å²) in [6.07, 6.45) is -7.73. The normalized spacial score (nSPS) is 13.2. The molecule has 0 atom stereocenters. The van der Waals surface area contributed by atoms with Crippen LogP contribution in [0, 0.1) is 0 Å². The fourth-order valence-electron chi connectivity index (χ4n) is 0.948. The van der Waals surface area contributed by atoms with Gasteiger partial charge in [0.15, 0.2) is 0 Å². The van der Waals surface area contributed by atoms with Crippen molar-refractivity contribution in [1.29, 1.82) is 0 Å². The van der Waals surface area contributed by atoms with Gasteiger partial charge in [0.1, 0.15) is 0 Å². The smallest absolute Gasteiger partial charge is 0.221 e. The molecule has 8 nitrogen and oxygen atoms in total. The standard InChI is InChI=1S/2C4H3F3N2O2S2/c2*1-13(10,11)3-9-8-2(12-3)4(5,6)7/h2*1H3. The van der Waals surface area contributed by atoms with Gasteiger partial charge in [-0.3, -0.25) is 0 Å². The molecule has 0 bridgehead atoms. The molecule has 0 aliphatic heterocycles. The molecule has 148 valence electrons. The zero-order valence-electron chi connectivity index (χ0n) is 12.3. The second kappa shape index (κ2) is 7.31. The molecule has 0 fully saturated rings. The summed E-state index contributed by atoms with van der Waals surface area (Å²) in [5, 5.41) is 8.75. The van der Waals surface area contributed by atoms with Crippen LogP contribution >= 0.6 is 22.7 Å². The van der Waals surface area contributed by atoms with Gasteiger partial charge in [-0.25, -0.2) is 16.8 Å². The van der Waals surface area contributed by atoms with E-state index in [0.717, 1.165) is 12.5 Å². The fourth-order valence-corrected chi connectivity index (χ4v) is 3.90. The topological polar surface area (TPSA) is 120 Å². The van der Waals surface area contributed by atoms with Crippen LogP contribution in [-0.2, 0) is 32.0 Å². The lowest BCUT2D eigenvalue weighted by molar-refractivity contribution is -0.138. The van der Waals surface area contributed by atoms with Gasteiger partial charge in [0.2, 0.25) is 38.4 Å². The van der Waals surface area contributed by atoms with E-state index in [1.54, 1.807) is 0 Å². The Bertz CT molecular complexity index is 895. The van der Waals surface area contributed by atoms with Crippen LogP contribution in [0.4, 0.5) is 26.3 Å². The minimum Gasteiger partial charge on any atom is -0.221 e. The van der Waals surface area contributed by atoms with Crippen molar-refractivity contribution < 1.29 is 43.2 Å². The van der Waals surface area contributed by atoms with Crippen molar-refractivity contribution in [2.45, 2.75) is 21.0 Å². The van der Waals surface area contributed by atoms with E-state index in [9.17, 15) is 43.2 Å². The molecule has 0 saturated carbocycles. The summed E-state index contributed by atoms with van der Waals surface area (Å²) in [5.74, 6) is 0. The van der Waals surface area contributed by atoms with Crippen molar-refractivity contribution in [3.05, 3.63) is 10.0 Å². The highest BCUT2D eigenvalue weighted by molar-refractivity contribution is 7.92. The van der Waals surface area contributed by atoms with E-state index in [1.165, 1.54) is 0 Å². The Hall–Kier alpha value is -1.40. The second-order valence-corrected chi connectivity index (χ2v) is 10.6. The van der Waals surface area contributed by atoms with Gasteiger partial charge in [0, 0.05) is 12.5 Å². The summed E-state index contributed by atoms with van der Waals surface area (Å²) in [7, 11) is -7.39. The Morgan fingerprint density at radius 2 is 0.923 bits per heavy atom. The molecule has 0 unspecified atom stereocenters. The molecule has 0 saturated heterocycles. The van der Waals surface area contributed by atoms with Crippen molar-refractivity contribution in [3.8, 4) is 0 Å². The van der Waals surface area contributed by atoms with E-state index in [-0.39, 0.29) is 22.7 Å². The highest BCUT2D eigenvalue weighted by atomic mass is 32.2. The zero-order chi connectivity index (χ0) is 20.6. The van der Waals surface area contributed by atoms with Gasteiger partial charge in [-0.2, -0.15) is 26.3 Å². The molecule has 0 spiro atoms. The first-order valence-electron chi connectivity index (χ1n) is 5.64. The third-order valence-corrected chi connectivity index (χ3v) is 7.21. The Kier molecular flexibility index (Phi) is 6.37. The lowest BCUT2D eigenvalue weighted by Crippen LogP contribution is -2.03. The summed E-state index contributed by atoms with van der Waals surface area (Å²) in [6, 6.07) is 0. The molecule has 2 aromatic rings. The number of aromatic nitrogens is 4. The molecule has 0 amide bonds. The van der Waals surface area contributed by atoms with Crippen LogP contribution in [0.1, 0.15) is 10.0 Å². The van der Waals surface area contributed by atoms with E-state index in [0.29, 0.717) is 0 Å². The molecular weight excluding hydrogens is 458 g/mol. The van der Waals surface area contributed by atoms with E-state index in [4.69, 9.17) is 0 Å².